The second-order valence-corrected chi connectivity index (χ2v) is 7.43. The van der Waals surface area contributed by atoms with Gasteiger partial charge in [0.15, 0.2) is 0 Å². The van der Waals surface area contributed by atoms with Crippen molar-refractivity contribution in [1.82, 2.24) is 0 Å². The zero-order valence-electron chi connectivity index (χ0n) is 14.0. The van der Waals surface area contributed by atoms with Gasteiger partial charge >= 0.3 is 6.33 Å². The molecule has 2 fully saturated rings. The molecule has 0 aromatic heterocycles. The fraction of sp³-hybridized carbons (Fsp3) is 0.889. The van der Waals surface area contributed by atoms with Crippen LogP contribution in [0.4, 0.5) is 0 Å². The van der Waals surface area contributed by atoms with Crippen LogP contribution in [0.15, 0.2) is 12.2 Å². The van der Waals surface area contributed by atoms with Crippen molar-refractivity contribution >= 4 is 17.8 Å². The Bertz CT molecular complexity index is 301. The molecule has 0 amide bonds. The summed E-state index contributed by atoms with van der Waals surface area (Å²) >= 11 is 6.82. The highest BCUT2D eigenvalue weighted by molar-refractivity contribution is 7.05. The van der Waals surface area contributed by atoms with E-state index in [4.69, 9.17) is 16.1 Å². The van der Waals surface area contributed by atoms with Gasteiger partial charge in [0.25, 0.3) is 0 Å². The first-order valence-corrected chi connectivity index (χ1v) is 9.53. The van der Waals surface area contributed by atoms with Crippen LogP contribution in [0.25, 0.3) is 0 Å². The summed E-state index contributed by atoms with van der Waals surface area (Å²) in [7, 11) is 1.79. The van der Waals surface area contributed by atoms with E-state index in [2.05, 4.69) is 19.1 Å². The molecule has 0 aromatic rings. The minimum atomic E-state index is -0.175. The molecular formula is C18H32BClO. The molecule has 120 valence electrons. The third kappa shape index (κ3) is 3.88. The zero-order valence-corrected chi connectivity index (χ0v) is 14.7. The van der Waals surface area contributed by atoms with Crippen LogP contribution in [0.1, 0.15) is 77.6 Å². The molecule has 0 atom stereocenters. The van der Waals surface area contributed by atoms with Crippen molar-refractivity contribution in [2.75, 3.05) is 7.11 Å². The quantitative estimate of drug-likeness (QED) is 0.417. The van der Waals surface area contributed by atoms with Gasteiger partial charge in [-0.2, -0.15) is 11.5 Å². The van der Waals surface area contributed by atoms with Crippen LogP contribution in [-0.2, 0) is 4.65 Å². The number of allylic oxidation sites excluding steroid dienone is 2. The van der Waals surface area contributed by atoms with Crippen molar-refractivity contribution in [3.63, 3.8) is 0 Å². The van der Waals surface area contributed by atoms with Crippen molar-refractivity contribution < 1.29 is 4.65 Å². The molecule has 2 aliphatic rings. The van der Waals surface area contributed by atoms with Gasteiger partial charge in [-0.15, -0.1) is 0 Å². The second-order valence-electron chi connectivity index (χ2n) is 7.03. The summed E-state index contributed by atoms with van der Waals surface area (Å²) in [6, 6.07) is 0. The smallest absolute Gasteiger partial charge is 0.409 e. The van der Waals surface area contributed by atoms with E-state index in [0.717, 1.165) is 6.42 Å². The summed E-state index contributed by atoms with van der Waals surface area (Å²) < 4.78 is 5.73. The van der Waals surface area contributed by atoms with Gasteiger partial charge < -0.3 is 4.65 Å². The molecule has 0 aliphatic heterocycles. The average molecular weight is 311 g/mol. The molecule has 2 rings (SSSR count). The molecule has 0 bridgehead atoms. The Morgan fingerprint density at radius 2 is 1.48 bits per heavy atom. The Morgan fingerprint density at radius 1 is 1.00 bits per heavy atom. The molecule has 0 heterocycles. The minimum absolute atomic E-state index is 0.0627. The van der Waals surface area contributed by atoms with E-state index >= 15 is 0 Å². The molecule has 0 saturated heterocycles. The molecule has 0 spiro atoms. The van der Waals surface area contributed by atoms with E-state index in [1.807, 2.05) is 0 Å². The van der Waals surface area contributed by atoms with E-state index < -0.39 is 0 Å². The van der Waals surface area contributed by atoms with Gasteiger partial charge in [-0.25, -0.2) is 0 Å². The van der Waals surface area contributed by atoms with Gasteiger partial charge in [0, 0.05) is 12.4 Å². The van der Waals surface area contributed by atoms with Crippen LogP contribution in [0, 0.1) is 11.8 Å². The van der Waals surface area contributed by atoms with Crippen molar-refractivity contribution in [3.8, 4) is 0 Å². The highest BCUT2D eigenvalue weighted by Gasteiger charge is 2.51. The maximum atomic E-state index is 6.82. The van der Waals surface area contributed by atoms with Crippen molar-refractivity contribution in [3.05, 3.63) is 12.2 Å². The van der Waals surface area contributed by atoms with Crippen molar-refractivity contribution in [2.24, 2.45) is 11.8 Å². The fourth-order valence-electron chi connectivity index (χ4n) is 4.78. The second kappa shape index (κ2) is 8.63. The lowest BCUT2D eigenvalue weighted by molar-refractivity contribution is 0.176. The molecule has 3 heteroatoms. The SMILES string of the molecule is CC/C=C/C(B(Cl)OC)(C1CCCCC1)C1CCCCC1. The molecule has 0 N–H and O–H groups in total. The Hall–Kier alpha value is 0.0549. The highest BCUT2D eigenvalue weighted by Crippen LogP contribution is 2.58. The topological polar surface area (TPSA) is 9.23 Å². The van der Waals surface area contributed by atoms with Crippen LogP contribution in [-0.4, -0.2) is 13.4 Å². The van der Waals surface area contributed by atoms with E-state index in [0.29, 0.717) is 11.8 Å². The molecule has 0 aromatic carbocycles. The molecule has 2 saturated carbocycles. The van der Waals surface area contributed by atoms with Crippen molar-refractivity contribution in [1.29, 1.82) is 0 Å². The Morgan fingerprint density at radius 3 is 1.86 bits per heavy atom. The van der Waals surface area contributed by atoms with Crippen LogP contribution in [0.3, 0.4) is 0 Å². The third-order valence-electron chi connectivity index (χ3n) is 5.87. The van der Waals surface area contributed by atoms with E-state index in [9.17, 15) is 0 Å². The number of hydrogen-bond acceptors (Lipinski definition) is 1. The standard InChI is InChI=1S/C18H32BClO/c1-3-4-15-18(19(20)21-2,16-11-7-5-8-12-16)17-13-9-6-10-14-17/h4,15-17H,3,5-14H2,1-2H3/b15-4+. The molecule has 2 aliphatic carbocycles. The van der Waals surface area contributed by atoms with Crippen LogP contribution in [0.2, 0.25) is 5.31 Å². The predicted octanol–water partition coefficient (Wildman–Crippen LogP) is 6.23. The maximum Gasteiger partial charge on any atom is 0.409 e. The Labute approximate surface area is 136 Å². The van der Waals surface area contributed by atoms with Gasteiger partial charge in [-0.1, -0.05) is 83.3 Å². The highest BCUT2D eigenvalue weighted by atomic mass is 35.5. The molecule has 21 heavy (non-hydrogen) atoms. The molecule has 0 radical (unpaired) electrons. The lowest BCUT2D eigenvalue weighted by Gasteiger charge is -2.48. The van der Waals surface area contributed by atoms with Crippen LogP contribution in [0.5, 0.6) is 0 Å². The maximum absolute atomic E-state index is 6.82. The first-order chi connectivity index (χ1) is 10.3. The van der Waals surface area contributed by atoms with E-state index in [1.54, 1.807) is 7.11 Å². The summed E-state index contributed by atoms with van der Waals surface area (Å²) in [6.07, 6.45) is 19.3. The normalized spacial score (nSPS) is 22.8. The van der Waals surface area contributed by atoms with Crippen LogP contribution >= 0.6 is 11.5 Å². The first-order valence-electron chi connectivity index (χ1n) is 9.10. The summed E-state index contributed by atoms with van der Waals surface area (Å²) in [6.45, 7) is 2.22. The summed E-state index contributed by atoms with van der Waals surface area (Å²) in [4.78, 5) is 0. The molecule has 0 unspecified atom stereocenters. The van der Waals surface area contributed by atoms with Crippen LogP contribution < -0.4 is 0 Å². The number of halogens is 1. The lowest BCUT2D eigenvalue weighted by Crippen LogP contribution is -2.43. The summed E-state index contributed by atoms with van der Waals surface area (Å²) in [5, 5.41) is 0.0627. The summed E-state index contributed by atoms with van der Waals surface area (Å²) in [5.74, 6) is 1.42. The lowest BCUT2D eigenvalue weighted by atomic mass is 9.45. The zero-order chi connectivity index (χ0) is 15.1. The molecular weight excluding hydrogens is 278 g/mol. The largest absolute Gasteiger partial charge is 0.424 e. The fourth-order valence-corrected chi connectivity index (χ4v) is 5.21. The molecule has 1 nitrogen and oxygen atoms in total. The minimum Gasteiger partial charge on any atom is -0.424 e. The third-order valence-corrected chi connectivity index (χ3v) is 6.42. The monoisotopic (exact) mass is 310 g/mol. The number of rotatable bonds is 6. The number of hydrogen-bond donors (Lipinski definition) is 0. The van der Waals surface area contributed by atoms with Gasteiger partial charge in [0.2, 0.25) is 0 Å². The van der Waals surface area contributed by atoms with Crippen molar-refractivity contribution in [2.45, 2.75) is 82.9 Å². The van der Waals surface area contributed by atoms with Gasteiger partial charge in [-0.3, -0.25) is 0 Å². The van der Waals surface area contributed by atoms with Gasteiger partial charge in [0.1, 0.15) is 0 Å². The van der Waals surface area contributed by atoms with Gasteiger partial charge in [0.05, 0.1) is 0 Å². The Balaban J connectivity index is 2.33. The first kappa shape index (κ1) is 17.4. The van der Waals surface area contributed by atoms with E-state index in [-0.39, 0.29) is 11.6 Å². The van der Waals surface area contributed by atoms with Gasteiger partial charge in [-0.05, 0) is 18.3 Å². The summed E-state index contributed by atoms with van der Waals surface area (Å²) in [5.41, 5.74) is 0. The average Bonchev–Trinajstić information content (AvgIpc) is 2.57. The Kier molecular flexibility index (Phi) is 7.15. The van der Waals surface area contributed by atoms with E-state index in [1.165, 1.54) is 64.2 Å². The predicted molar refractivity (Wildman–Crippen MR) is 93.9 cm³/mol.